The van der Waals surface area contributed by atoms with Gasteiger partial charge in [-0.3, -0.25) is 9.69 Å². The van der Waals surface area contributed by atoms with Gasteiger partial charge in [0.2, 0.25) is 5.91 Å². The molecule has 0 aliphatic carbocycles. The molecule has 1 N–H and O–H groups in total. The van der Waals surface area contributed by atoms with E-state index in [1.807, 2.05) is 11.3 Å². The maximum atomic E-state index is 11.7. The van der Waals surface area contributed by atoms with Crippen molar-refractivity contribution in [3.8, 4) is 0 Å². The fraction of sp³-hybridized carbons (Fsp3) is 0.667. The van der Waals surface area contributed by atoms with Crippen molar-refractivity contribution in [1.29, 1.82) is 0 Å². The number of amides is 1. The van der Waals surface area contributed by atoms with Crippen molar-refractivity contribution >= 4 is 17.2 Å². The van der Waals surface area contributed by atoms with E-state index in [9.17, 15) is 4.79 Å². The van der Waals surface area contributed by atoms with Gasteiger partial charge in [-0.2, -0.15) is 0 Å². The van der Waals surface area contributed by atoms with Gasteiger partial charge < -0.3 is 5.32 Å². The van der Waals surface area contributed by atoms with E-state index in [0.717, 1.165) is 32.6 Å². The van der Waals surface area contributed by atoms with Crippen LogP contribution in [0.4, 0.5) is 0 Å². The molecule has 0 radical (unpaired) electrons. The molecule has 0 spiro atoms. The van der Waals surface area contributed by atoms with Crippen LogP contribution in [0.2, 0.25) is 0 Å². The summed E-state index contributed by atoms with van der Waals surface area (Å²) >= 11 is 1.83. The third kappa shape index (κ3) is 4.96. The Morgan fingerprint density at radius 1 is 1.26 bits per heavy atom. The first kappa shape index (κ1) is 14.5. The van der Waals surface area contributed by atoms with Gasteiger partial charge in [0.1, 0.15) is 0 Å². The molecule has 3 nitrogen and oxygen atoms in total. The summed E-state index contributed by atoms with van der Waals surface area (Å²) in [6, 6.07) is 2.18. The zero-order chi connectivity index (χ0) is 13.5. The van der Waals surface area contributed by atoms with E-state index < -0.39 is 0 Å². The van der Waals surface area contributed by atoms with Crippen molar-refractivity contribution in [3.05, 3.63) is 21.9 Å². The molecule has 4 heteroatoms. The third-order valence-corrected chi connectivity index (χ3v) is 4.72. The van der Waals surface area contributed by atoms with E-state index in [-0.39, 0.29) is 5.91 Å². The van der Waals surface area contributed by atoms with Gasteiger partial charge in [0.15, 0.2) is 0 Å². The summed E-state index contributed by atoms with van der Waals surface area (Å²) in [4.78, 5) is 15.6. The number of rotatable bonds is 2. The van der Waals surface area contributed by atoms with Crippen LogP contribution < -0.4 is 5.32 Å². The molecule has 1 aromatic heterocycles. The molecule has 1 aliphatic heterocycles. The highest BCUT2D eigenvalue weighted by Gasteiger charge is 2.12. The molecule has 1 fully saturated rings. The van der Waals surface area contributed by atoms with Gasteiger partial charge in [-0.1, -0.05) is 12.8 Å². The van der Waals surface area contributed by atoms with Gasteiger partial charge in [0.05, 0.1) is 0 Å². The van der Waals surface area contributed by atoms with E-state index in [1.165, 1.54) is 29.7 Å². The summed E-state index contributed by atoms with van der Waals surface area (Å²) in [7, 11) is 0. The Bertz CT molecular complexity index is 403. The highest BCUT2D eigenvalue weighted by molar-refractivity contribution is 7.10. The van der Waals surface area contributed by atoms with Gasteiger partial charge in [-0.15, -0.1) is 11.3 Å². The summed E-state index contributed by atoms with van der Waals surface area (Å²) in [5, 5.41) is 5.16. The fourth-order valence-electron chi connectivity index (χ4n) is 2.43. The predicted octanol–water partition coefficient (Wildman–Crippen LogP) is 2.94. The average Bonchev–Trinajstić information content (AvgIpc) is 2.77. The van der Waals surface area contributed by atoms with Crippen molar-refractivity contribution in [3.63, 3.8) is 0 Å². The quantitative estimate of drug-likeness (QED) is 0.903. The van der Waals surface area contributed by atoms with Gasteiger partial charge >= 0.3 is 0 Å². The van der Waals surface area contributed by atoms with E-state index in [0.29, 0.717) is 6.42 Å². The van der Waals surface area contributed by atoms with Crippen molar-refractivity contribution in [2.24, 2.45) is 0 Å². The standard InChI is InChI=1S/C15H24N2OS/c1-13-7-11-19-14(13)12-17-9-5-3-2-4-8-16-15(18)6-10-17/h7,11H,2-6,8-10,12H2,1H3,(H,16,18). The molecule has 1 aromatic rings. The smallest absolute Gasteiger partial charge is 0.221 e. The number of nitrogens with zero attached hydrogens (tertiary/aromatic N) is 1. The minimum atomic E-state index is 0.204. The number of nitrogens with one attached hydrogen (secondary N) is 1. The Morgan fingerprint density at radius 3 is 2.89 bits per heavy atom. The molecule has 1 amide bonds. The van der Waals surface area contributed by atoms with Gasteiger partial charge in [0, 0.05) is 30.9 Å². The third-order valence-electron chi connectivity index (χ3n) is 3.71. The monoisotopic (exact) mass is 280 g/mol. The molecule has 0 unspecified atom stereocenters. The number of aryl methyl sites for hydroxylation is 1. The van der Waals surface area contributed by atoms with Crippen LogP contribution in [0.3, 0.4) is 0 Å². The lowest BCUT2D eigenvalue weighted by Crippen LogP contribution is -2.31. The highest BCUT2D eigenvalue weighted by atomic mass is 32.1. The van der Waals surface area contributed by atoms with Gasteiger partial charge in [-0.25, -0.2) is 0 Å². The molecule has 1 saturated heterocycles. The maximum Gasteiger partial charge on any atom is 0.221 e. The highest BCUT2D eigenvalue weighted by Crippen LogP contribution is 2.18. The van der Waals surface area contributed by atoms with E-state index in [4.69, 9.17) is 0 Å². The number of carbonyl (C=O) groups is 1. The first-order valence-electron chi connectivity index (χ1n) is 7.28. The topological polar surface area (TPSA) is 32.3 Å². The lowest BCUT2D eigenvalue weighted by atomic mass is 10.2. The average molecular weight is 280 g/mol. The Morgan fingerprint density at radius 2 is 2.11 bits per heavy atom. The summed E-state index contributed by atoms with van der Waals surface area (Å²) in [5.74, 6) is 0.204. The van der Waals surface area contributed by atoms with E-state index >= 15 is 0 Å². The Labute approximate surface area is 120 Å². The van der Waals surface area contributed by atoms with Crippen LogP contribution in [0, 0.1) is 6.92 Å². The molecule has 106 valence electrons. The number of thiophene rings is 1. The van der Waals surface area contributed by atoms with Crippen LogP contribution >= 0.6 is 11.3 Å². The second-order valence-electron chi connectivity index (χ2n) is 5.32. The molecular formula is C15H24N2OS. The first-order valence-corrected chi connectivity index (χ1v) is 8.15. The molecular weight excluding hydrogens is 256 g/mol. The first-order chi connectivity index (χ1) is 9.25. The molecule has 19 heavy (non-hydrogen) atoms. The number of hydrogen-bond donors (Lipinski definition) is 1. The predicted molar refractivity (Wildman–Crippen MR) is 80.4 cm³/mol. The largest absolute Gasteiger partial charge is 0.356 e. The van der Waals surface area contributed by atoms with Crippen molar-refractivity contribution in [2.75, 3.05) is 19.6 Å². The van der Waals surface area contributed by atoms with Crippen LogP contribution in [0.15, 0.2) is 11.4 Å². The van der Waals surface area contributed by atoms with Crippen LogP contribution in [0.1, 0.15) is 42.5 Å². The molecule has 2 heterocycles. The molecule has 2 rings (SSSR count). The normalized spacial score (nSPS) is 19.7. The molecule has 0 bridgehead atoms. The maximum absolute atomic E-state index is 11.7. The van der Waals surface area contributed by atoms with Gasteiger partial charge in [-0.05, 0) is 43.3 Å². The molecule has 0 aromatic carbocycles. The molecule has 0 saturated carbocycles. The summed E-state index contributed by atoms with van der Waals surface area (Å²) < 4.78 is 0. The summed E-state index contributed by atoms with van der Waals surface area (Å²) in [6.45, 7) is 6.01. The minimum absolute atomic E-state index is 0.204. The lowest BCUT2D eigenvalue weighted by molar-refractivity contribution is -0.121. The van der Waals surface area contributed by atoms with Crippen LogP contribution in [0.5, 0.6) is 0 Å². The van der Waals surface area contributed by atoms with Crippen molar-refractivity contribution < 1.29 is 4.79 Å². The summed E-state index contributed by atoms with van der Waals surface area (Å²) in [6.07, 6.45) is 5.50. The van der Waals surface area contributed by atoms with Gasteiger partial charge in [0.25, 0.3) is 0 Å². The summed E-state index contributed by atoms with van der Waals surface area (Å²) in [5.41, 5.74) is 1.38. The van der Waals surface area contributed by atoms with Crippen LogP contribution in [-0.2, 0) is 11.3 Å². The molecule has 1 aliphatic rings. The minimum Gasteiger partial charge on any atom is -0.356 e. The van der Waals surface area contributed by atoms with E-state index in [2.05, 4.69) is 28.6 Å². The number of carbonyl (C=O) groups excluding carboxylic acids is 1. The van der Waals surface area contributed by atoms with E-state index in [1.54, 1.807) is 0 Å². The zero-order valence-corrected chi connectivity index (χ0v) is 12.6. The zero-order valence-electron chi connectivity index (χ0n) is 11.8. The Kier molecular flexibility index (Phi) is 5.86. The SMILES string of the molecule is Cc1ccsc1CN1CCCCCCNC(=O)CC1. The number of hydrogen-bond acceptors (Lipinski definition) is 3. The lowest BCUT2D eigenvalue weighted by Gasteiger charge is -2.21. The second-order valence-corrected chi connectivity index (χ2v) is 6.32. The Hall–Kier alpha value is -0.870. The van der Waals surface area contributed by atoms with Crippen LogP contribution in [-0.4, -0.2) is 30.4 Å². The van der Waals surface area contributed by atoms with Crippen LogP contribution in [0.25, 0.3) is 0 Å². The fourth-order valence-corrected chi connectivity index (χ4v) is 3.38. The van der Waals surface area contributed by atoms with Crippen molar-refractivity contribution in [2.45, 2.75) is 45.6 Å². The molecule has 0 atom stereocenters. The Balaban J connectivity index is 1.91. The van der Waals surface area contributed by atoms with Crippen molar-refractivity contribution in [1.82, 2.24) is 10.2 Å². The second kappa shape index (κ2) is 7.65.